The normalized spacial score (nSPS) is 20.0. The molecule has 0 radical (unpaired) electrons. The third kappa shape index (κ3) is 5.21. The average molecular weight is 453 g/mol. The van der Waals surface area contributed by atoms with Gasteiger partial charge in [-0.1, -0.05) is 18.2 Å². The number of ether oxygens (including phenoxy) is 2. The Kier molecular flexibility index (Phi) is 6.71. The third-order valence-electron chi connectivity index (χ3n) is 5.23. The first-order chi connectivity index (χ1) is 15.9. The van der Waals surface area contributed by atoms with Gasteiger partial charge in [0.1, 0.15) is 31.0 Å². The van der Waals surface area contributed by atoms with E-state index in [0.29, 0.717) is 16.7 Å². The molecule has 3 aromatic rings. The second kappa shape index (κ2) is 9.84. The molecular formula is C22H23N5O6. The van der Waals surface area contributed by atoms with E-state index in [1.54, 1.807) is 28.8 Å². The minimum absolute atomic E-state index is 0.0118. The number of aliphatic hydroxyl groups is 1. The molecule has 3 atom stereocenters. The minimum atomic E-state index is -0.868. The molecule has 0 aliphatic carbocycles. The third-order valence-corrected chi connectivity index (χ3v) is 5.23. The van der Waals surface area contributed by atoms with E-state index in [1.807, 2.05) is 6.07 Å². The van der Waals surface area contributed by atoms with Gasteiger partial charge in [-0.25, -0.2) is 15.0 Å². The summed E-state index contributed by atoms with van der Waals surface area (Å²) in [6, 6.07) is 8.72. The van der Waals surface area contributed by atoms with Crippen molar-refractivity contribution in [1.29, 1.82) is 0 Å². The number of aliphatic hydroxyl groups excluding tert-OH is 1. The molecule has 1 aliphatic rings. The number of Topliss-reactive ketones (excluding diaryl/α,β-unsaturated/α-hetero) is 1. The maximum atomic E-state index is 12.5. The number of fused-ring (bicyclic) bond motifs is 1. The van der Waals surface area contributed by atoms with Crippen LogP contribution in [0, 0.1) is 0 Å². The second-order valence-electron chi connectivity index (χ2n) is 7.68. The van der Waals surface area contributed by atoms with Gasteiger partial charge in [0, 0.05) is 18.4 Å². The number of carbonyl (C=O) groups is 3. The van der Waals surface area contributed by atoms with E-state index in [1.165, 1.54) is 19.6 Å². The Morgan fingerprint density at radius 3 is 2.73 bits per heavy atom. The highest BCUT2D eigenvalue weighted by molar-refractivity contribution is 6.06. The van der Waals surface area contributed by atoms with E-state index in [-0.39, 0.29) is 43.4 Å². The quantitative estimate of drug-likeness (QED) is 0.486. The maximum absolute atomic E-state index is 12.5. The number of aromatic nitrogens is 4. The van der Waals surface area contributed by atoms with Crippen LogP contribution in [0.15, 0.2) is 43.0 Å². The highest BCUT2D eigenvalue weighted by Gasteiger charge is 2.36. The lowest BCUT2D eigenvalue weighted by atomic mass is 10.2. The van der Waals surface area contributed by atoms with Gasteiger partial charge in [0.05, 0.1) is 18.9 Å². The van der Waals surface area contributed by atoms with E-state index in [0.717, 1.165) is 0 Å². The number of carbonyl (C=O) groups excluding carboxylic acids is 3. The summed E-state index contributed by atoms with van der Waals surface area (Å²) < 4.78 is 12.6. The predicted octanol–water partition coefficient (Wildman–Crippen LogP) is 1.64. The molecule has 0 bridgehead atoms. The summed E-state index contributed by atoms with van der Waals surface area (Å²) in [5.41, 5.74) is 1.27. The first-order valence-electron chi connectivity index (χ1n) is 10.4. The van der Waals surface area contributed by atoms with Crippen molar-refractivity contribution in [3.63, 3.8) is 0 Å². The number of nitrogens with one attached hydrogen (secondary N) is 1. The van der Waals surface area contributed by atoms with Crippen LogP contribution in [-0.2, 0) is 19.1 Å². The van der Waals surface area contributed by atoms with Gasteiger partial charge in [-0.2, -0.15) is 0 Å². The van der Waals surface area contributed by atoms with E-state index in [4.69, 9.17) is 9.47 Å². The van der Waals surface area contributed by atoms with Crippen molar-refractivity contribution in [3.8, 4) is 0 Å². The van der Waals surface area contributed by atoms with Crippen molar-refractivity contribution in [2.75, 3.05) is 11.9 Å². The number of esters is 1. The Labute approximate surface area is 188 Å². The van der Waals surface area contributed by atoms with Crippen LogP contribution >= 0.6 is 0 Å². The number of imidazole rings is 1. The lowest BCUT2D eigenvalue weighted by molar-refractivity contribution is -0.150. The smallest absolute Gasteiger partial charge is 0.306 e. The molecule has 2 aromatic heterocycles. The maximum Gasteiger partial charge on any atom is 0.306 e. The molecule has 3 heterocycles. The Balaban J connectivity index is 1.44. The average Bonchev–Trinajstić information content (AvgIpc) is 3.40. The summed E-state index contributed by atoms with van der Waals surface area (Å²) in [5.74, 6) is -0.701. The van der Waals surface area contributed by atoms with Crippen LogP contribution < -0.4 is 5.32 Å². The van der Waals surface area contributed by atoms with Crippen LogP contribution in [-0.4, -0.2) is 61.1 Å². The highest BCUT2D eigenvalue weighted by Crippen LogP contribution is 2.32. The molecular weight excluding hydrogens is 430 g/mol. The first-order valence-corrected chi connectivity index (χ1v) is 10.4. The fourth-order valence-electron chi connectivity index (χ4n) is 3.48. The van der Waals surface area contributed by atoms with Crippen molar-refractivity contribution in [3.05, 3.63) is 48.5 Å². The molecule has 1 fully saturated rings. The van der Waals surface area contributed by atoms with Crippen LogP contribution in [0.25, 0.3) is 11.2 Å². The van der Waals surface area contributed by atoms with Crippen molar-refractivity contribution in [2.45, 2.75) is 44.6 Å². The lowest BCUT2D eigenvalue weighted by Gasteiger charge is -2.16. The van der Waals surface area contributed by atoms with Crippen LogP contribution in [0.4, 0.5) is 5.82 Å². The molecule has 1 saturated heterocycles. The van der Waals surface area contributed by atoms with E-state index in [9.17, 15) is 19.5 Å². The van der Waals surface area contributed by atoms with Crippen LogP contribution in [0.3, 0.4) is 0 Å². The molecule has 0 spiro atoms. The number of benzene rings is 1. The minimum Gasteiger partial charge on any atom is -0.463 e. The molecule has 0 unspecified atom stereocenters. The van der Waals surface area contributed by atoms with Crippen LogP contribution in [0.2, 0.25) is 0 Å². The Morgan fingerprint density at radius 2 is 1.97 bits per heavy atom. The summed E-state index contributed by atoms with van der Waals surface area (Å²) >= 11 is 0. The molecule has 1 aromatic carbocycles. The Morgan fingerprint density at radius 1 is 1.18 bits per heavy atom. The monoisotopic (exact) mass is 453 g/mol. The van der Waals surface area contributed by atoms with Gasteiger partial charge in [0.2, 0.25) is 0 Å². The first kappa shape index (κ1) is 22.5. The molecule has 11 heteroatoms. The largest absolute Gasteiger partial charge is 0.463 e. The number of hydrogen-bond acceptors (Lipinski definition) is 9. The number of rotatable bonds is 8. The zero-order chi connectivity index (χ0) is 23.4. The van der Waals surface area contributed by atoms with Crippen LogP contribution in [0.5, 0.6) is 0 Å². The number of ketones is 1. The van der Waals surface area contributed by atoms with Gasteiger partial charge < -0.3 is 24.7 Å². The molecule has 0 saturated carbocycles. The van der Waals surface area contributed by atoms with Gasteiger partial charge in [-0.15, -0.1) is 0 Å². The molecule has 172 valence electrons. The van der Waals surface area contributed by atoms with Crippen molar-refractivity contribution >= 4 is 34.6 Å². The fraction of sp³-hybridized carbons (Fsp3) is 0.364. The number of nitrogens with zero attached hydrogens (tertiary/aromatic N) is 4. The Bertz CT molecular complexity index is 1160. The molecule has 11 nitrogen and oxygen atoms in total. The standard InChI is InChI=1S/C22H23N5O6/c1-13(28)7-8-18(30)32-10-16-15(29)9-17(33-16)27-12-25-19-20(23-11-24-21(19)27)26-22(31)14-5-3-2-4-6-14/h2-6,11-12,15-17,29H,7-10H2,1H3,(H,23,24,26,31)/t15-,16-,17-/m1/s1. The molecule has 4 rings (SSSR count). The van der Waals surface area contributed by atoms with E-state index in [2.05, 4.69) is 20.3 Å². The number of anilines is 1. The predicted molar refractivity (Wildman–Crippen MR) is 115 cm³/mol. The lowest BCUT2D eigenvalue weighted by Crippen LogP contribution is -2.28. The van der Waals surface area contributed by atoms with Gasteiger partial charge in [-0.3, -0.25) is 14.2 Å². The van der Waals surface area contributed by atoms with Crippen molar-refractivity contribution in [2.24, 2.45) is 0 Å². The number of amides is 1. The molecule has 1 aliphatic heterocycles. The van der Waals surface area contributed by atoms with Gasteiger partial charge >= 0.3 is 5.97 Å². The second-order valence-corrected chi connectivity index (χ2v) is 7.68. The zero-order valence-electron chi connectivity index (χ0n) is 17.9. The van der Waals surface area contributed by atoms with Crippen molar-refractivity contribution in [1.82, 2.24) is 19.5 Å². The summed E-state index contributed by atoms with van der Waals surface area (Å²) in [7, 11) is 0. The summed E-state index contributed by atoms with van der Waals surface area (Å²) in [6.07, 6.45) is 0.938. The molecule has 1 amide bonds. The van der Waals surface area contributed by atoms with E-state index < -0.39 is 24.4 Å². The SMILES string of the molecule is CC(=O)CCC(=O)OC[C@H]1O[C@@H](n2cnc3c(NC(=O)c4ccccc4)ncnc32)C[C@H]1O. The zero-order valence-corrected chi connectivity index (χ0v) is 17.9. The topological polar surface area (TPSA) is 146 Å². The summed E-state index contributed by atoms with van der Waals surface area (Å²) in [6.45, 7) is 1.27. The molecule has 2 N–H and O–H groups in total. The Hall–Kier alpha value is -3.70. The van der Waals surface area contributed by atoms with Gasteiger partial charge in [0.25, 0.3) is 5.91 Å². The highest BCUT2D eigenvalue weighted by atomic mass is 16.6. The molecule has 33 heavy (non-hydrogen) atoms. The van der Waals surface area contributed by atoms with Crippen molar-refractivity contribution < 1.29 is 29.0 Å². The summed E-state index contributed by atoms with van der Waals surface area (Å²) in [4.78, 5) is 47.9. The van der Waals surface area contributed by atoms with Crippen LogP contribution in [0.1, 0.15) is 42.8 Å². The van der Waals surface area contributed by atoms with Gasteiger partial charge in [0.15, 0.2) is 17.0 Å². The van der Waals surface area contributed by atoms with Gasteiger partial charge in [-0.05, 0) is 19.1 Å². The fourth-order valence-corrected chi connectivity index (χ4v) is 3.48. The van der Waals surface area contributed by atoms with E-state index >= 15 is 0 Å². The summed E-state index contributed by atoms with van der Waals surface area (Å²) in [5, 5.41) is 13.1. The number of hydrogen-bond donors (Lipinski definition) is 2.